The van der Waals surface area contributed by atoms with Crippen LogP contribution >= 0.6 is 43.5 Å². The molecule has 0 bridgehead atoms. The first-order valence-corrected chi connectivity index (χ1v) is 8.01. The van der Waals surface area contributed by atoms with Crippen LogP contribution in [0.15, 0.2) is 39.3 Å². The van der Waals surface area contributed by atoms with Gasteiger partial charge < -0.3 is 0 Å². The Hall–Kier alpha value is -0.980. The minimum absolute atomic E-state index is 0.151. The van der Waals surface area contributed by atoms with Crippen molar-refractivity contribution in [2.45, 2.75) is 5.88 Å². The molecule has 7 heteroatoms. The van der Waals surface area contributed by atoms with E-state index in [2.05, 4.69) is 36.8 Å². The zero-order chi connectivity index (χ0) is 15.1. The van der Waals surface area contributed by atoms with Gasteiger partial charge in [-0.25, -0.2) is 13.8 Å². The molecule has 21 heavy (non-hydrogen) atoms. The number of aromatic nitrogens is 2. The first-order valence-electron chi connectivity index (χ1n) is 5.89. The summed E-state index contributed by atoms with van der Waals surface area (Å²) < 4.78 is 29.7. The molecule has 0 saturated carbocycles. The van der Waals surface area contributed by atoms with Crippen molar-refractivity contribution in [3.63, 3.8) is 0 Å². The maximum atomic E-state index is 13.8. The number of alkyl halides is 1. The van der Waals surface area contributed by atoms with Crippen LogP contribution in [0.25, 0.3) is 16.7 Å². The van der Waals surface area contributed by atoms with Crippen LogP contribution in [-0.2, 0) is 5.88 Å². The van der Waals surface area contributed by atoms with Gasteiger partial charge in [-0.1, -0.05) is 0 Å². The Morgan fingerprint density at radius 2 is 1.86 bits per heavy atom. The molecule has 0 aliphatic heterocycles. The van der Waals surface area contributed by atoms with Crippen LogP contribution in [0.5, 0.6) is 0 Å². The number of imidazole rings is 1. The maximum Gasteiger partial charge on any atom is 0.139 e. The molecular formula is C14H7Br2ClF2N2. The Morgan fingerprint density at radius 1 is 1.10 bits per heavy atom. The summed E-state index contributed by atoms with van der Waals surface area (Å²) >= 11 is 12.4. The van der Waals surface area contributed by atoms with Crippen LogP contribution in [0.3, 0.4) is 0 Å². The molecule has 108 valence electrons. The fourth-order valence-electron chi connectivity index (χ4n) is 2.14. The number of nitrogens with zero attached hydrogens (tertiary/aromatic N) is 2. The summed E-state index contributed by atoms with van der Waals surface area (Å²) in [6.07, 6.45) is 0. The van der Waals surface area contributed by atoms with E-state index < -0.39 is 5.82 Å². The summed E-state index contributed by atoms with van der Waals surface area (Å²) in [5, 5.41) is 0. The van der Waals surface area contributed by atoms with Gasteiger partial charge in [0, 0.05) is 10.5 Å². The molecule has 1 heterocycles. The monoisotopic (exact) mass is 434 g/mol. The Labute approximate surface area is 141 Å². The van der Waals surface area contributed by atoms with Crippen molar-refractivity contribution >= 4 is 54.5 Å². The lowest BCUT2D eigenvalue weighted by atomic mass is 10.2. The normalized spacial score (nSPS) is 11.3. The lowest BCUT2D eigenvalue weighted by Gasteiger charge is -2.10. The summed E-state index contributed by atoms with van der Waals surface area (Å²) in [5.74, 6) is -0.0616. The lowest BCUT2D eigenvalue weighted by molar-refractivity contribution is 0.622. The van der Waals surface area contributed by atoms with Gasteiger partial charge in [-0.2, -0.15) is 0 Å². The van der Waals surface area contributed by atoms with Gasteiger partial charge in [0.2, 0.25) is 0 Å². The highest BCUT2D eigenvalue weighted by molar-refractivity contribution is 9.10. The molecule has 3 aromatic rings. The minimum Gasteiger partial charge on any atom is -0.294 e. The molecule has 0 saturated heterocycles. The van der Waals surface area contributed by atoms with Crippen LogP contribution in [0.2, 0.25) is 0 Å². The van der Waals surface area contributed by atoms with Gasteiger partial charge in [-0.15, -0.1) is 11.6 Å². The van der Waals surface area contributed by atoms with Crippen molar-refractivity contribution in [3.8, 4) is 5.69 Å². The third-order valence-corrected chi connectivity index (χ3v) is 4.52. The van der Waals surface area contributed by atoms with E-state index in [1.165, 1.54) is 18.2 Å². The largest absolute Gasteiger partial charge is 0.294 e. The average molecular weight is 436 g/mol. The van der Waals surface area contributed by atoms with E-state index in [4.69, 9.17) is 11.6 Å². The quantitative estimate of drug-likeness (QED) is 0.481. The molecule has 0 spiro atoms. The van der Waals surface area contributed by atoms with Crippen molar-refractivity contribution in [2.75, 3.05) is 0 Å². The number of hydrogen-bond donors (Lipinski definition) is 0. The fraction of sp³-hybridized carbons (Fsp3) is 0.0714. The van der Waals surface area contributed by atoms with Crippen molar-refractivity contribution in [3.05, 3.63) is 56.7 Å². The zero-order valence-electron chi connectivity index (χ0n) is 10.4. The number of fused-ring (bicyclic) bond motifs is 1. The van der Waals surface area contributed by atoms with E-state index >= 15 is 0 Å². The van der Waals surface area contributed by atoms with Crippen LogP contribution in [-0.4, -0.2) is 9.55 Å². The van der Waals surface area contributed by atoms with Crippen LogP contribution in [0.1, 0.15) is 5.82 Å². The molecule has 0 N–H and O–H groups in total. The molecule has 0 fully saturated rings. The van der Waals surface area contributed by atoms with Gasteiger partial charge >= 0.3 is 0 Å². The van der Waals surface area contributed by atoms with Crippen LogP contribution < -0.4 is 0 Å². The highest BCUT2D eigenvalue weighted by Crippen LogP contribution is 2.31. The highest BCUT2D eigenvalue weighted by atomic mass is 79.9. The molecule has 0 unspecified atom stereocenters. The van der Waals surface area contributed by atoms with Gasteiger partial charge in [-0.3, -0.25) is 4.57 Å². The number of benzene rings is 2. The number of rotatable bonds is 2. The molecule has 0 amide bonds. The second kappa shape index (κ2) is 5.66. The summed E-state index contributed by atoms with van der Waals surface area (Å²) in [6.45, 7) is 0. The Bertz CT molecular complexity index is 849. The SMILES string of the molecule is Fc1ccc(-n2c(CCl)nc3cc(Br)c(F)cc32)c(Br)c1. The van der Waals surface area contributed by atoms with Gasteiger partial charge in [0.15, 0.2) is 0 Å². The lowest BCUT2D eigenvalue weighted by Crippen LogP contribution is -2.01. The van der Waals surface area contributed by atoms with Gasteiger partial charge in [0.1, 0.15) is 17.5 Å². The third kappa shape index (κ3) is 2.60. The summed E-state index contributed by atoms with van der Waals surface area (Å²) in [5.41, 5.74) is 1.82. The molecule has 3 rings (SSSR count). The van der Waals surface area contributed by atoms with E-state index in [9.17, 15) is 8.78 Å². The summed E-state index contributed by atoms with van der Waals surface area (Å²) in [6, 6.07) is 7.23. The van der Waals surface area contributed by atoms with Crippen molar-refractivity contribution < 1.29 is 8.78 Å². The smallest absolute Gasteiger partial charge is 0.139 e. The van der Waals surface area contributed by atoms with Crippen LogP contribution in [0, 0.1) is 11.6 Å². The second-order valence-corrected chi connectivity index (χ2v) is 6.32. The first kappa shape index (κ1) is 14.9. The van der Waals surface area contributed by atoms with E-state index in [0.717, 1.165) is 0 Å². The predicted molar refractivity (Wildman–Crippen MR) is 85.9 cm³/mol. The molecule has 0 aliphatic rings. The van der Waals surface area contributed by atoms with E-state index in [-0.39, 0.29) is 11.7 Å². The fourth-order valence-corrected chi connectivity index (χ4v) is 3.18. The van der Waals surface area contributed by atoms with Crippen molar-refractivity contribution in [2.24, 2.45) is 0 Å². The second-order valence-electron chi connectivity index (χ2n) is 4.35. The van der Waals surface area contributed by atoms with E-state index in [1.807, 2.05) is 0 Å². The number of hydrogen-bond acceptors (Lipinski definition) is 1. The topological polar surface area (TPSA) is 17.8 Å². The van der Waals surface area contributed by atoms with Gasteiger partial charge in [0.05, 0.1) is 27.1 Å². The summed E-state index contributed by atoms with van der Waals surface area (Å²) in [4.78, 5) is 4.39. The maximum absolute atomic E-state index is 13.8. The van der Waals surface area contributed by atoms with E-state index in [1.54, 1.807) is 16.7 Å². The third-order valence-electron chi connectivity index (χ3n) is 3.04. The van der Waals surface area contributed by atoms with Crippen LogP contribution in [0.4, 0.5) is 8.78 Å². The van der Waals surface area contributed by atoms with Gasteiger partial charge in [0.25, 0.3) is 0 Å². The Morgan fingerprint density at radius 3 is 2.52 bits per heavy atom. The van der Waals surface area contributed by atoms with Gasteiger partial charge in [-0.05, 0) is 56.1 Å². The summed E-state index contributed by atoms with van der Waals surface area (Å²) in [7, 11) is 0. The minimum atomic E-state index is -0.400. The molecule has 0 atom stereocenters. The van der Waals surface area contributed by atoms with Crippen molar-refractivity contribution in [1.82, 2.24) is 9.55 Å². The number of halogens is 5. The molecule has 2 aromatic carbocycles. The standard InChI is InChI=1S/C14H7Br2ClF2N2/c15-8-4-11-13(5-10(8)19)21(14(6-17)20-11)12-2-1-7(18)3-9(12)16/h1-5H,6H2. The molecule has 0 aliphatic carbocycles. The molecule has 1 aromatic heterocycles. The van der Waals surface area contributed by atoms with Crippen molar-refractivity contribution in [1.29, 1.82) is 0 Å². The molecular weight excluding hydrogens is 429 g/mol. The predicted octanol–water partition coefficient (Wildman–Crippen LogP) is 5.57. The molecule has 0 radical (unpaired) electrons. The average Bonchev–Trinajstić information content (AvgIpc) is 2.77. The van der Waals surface area contributed by atoms with E-state index in [0.29, 0.717) is 31.5 Å². The highest BCUT2D eigenvalue weighted by Gasteiger charge is 2.16. The Kier molecular flexibility index (Phi) is 4.03. The first-order chi connectivity index (χ1) is 10.0. The Balaban J connectivity index is 2.37. The zero-order valence-corrected chi connectivity index (χ0v) is 14.3. The molecule has 2 nitrogen and oxygen atoms in total.